The monoisotopic (exact) mass is 326 g/mol. The van der Waals surface area contributed by atoms with Crippen LogP contribution in [-0.4, -0.2) is 33.6 Å². The zero-order chi connectivity index (χ0) is 15.7. The Morgan fingerprint density at radius 1 is 1.45 bits per heavy atom. The first kappa shape index (κ1) is 14.9. The summed E-state index contributed by atoms with van der Waals surface area (Å²) in [5.41, 5.74) is 1.01. The van der Waals surface area contributed by atoms with Crippen LogP contribution in [0.3, 0.4) is 0 Å². The summed E-state index contributed by atoms with van der Waals surface area (Å²) in [4.78, 5) is 18.4. The van der Waals surface area contributed by atoms with Crippen LogP contribution in [0.25, 0.3) is 0 Å². The first-order valence-corrected chi connectivity index (χ1v) is 7.20. The molecule has 0 aliphatic carbocycles. The average Bonchev–Trinajstić information content (AvgIpc) is 2.92. The topological polar surface area (TPSA) is 51.0 Å². The second-order valence-corrected chi connectivity index (χ2v) is 5.42. The third-order valence-corrected chi connectivity index (χ3v) is 3.69. The third kappa shape index (κ3) is 2.81. The highest BCUT2D eigenvalue weighted by Crippen LogP contribution is 2.28. The molecule has 0 spiro atoms. The van der Waals surface area contributed by atoms with E-state index >= 15 is 0 Å². The van der Waals surface area contributed by atoms with E-state index in [2.05, 4.69) is 10.1 Å². The molecule has 0 unspecified atom stereocenters. The maximum Gasteiger partial charge on any atom is 0.277 e. The van der Waals surface area contributed by atoms with Crippen LogP contribution in [0.15, 0.2) is 24.5 Å². The molecule has 0 aromatic carbocycles. The van der Waals surface area contributed by atoms with E-state index in [1.54, 1.807) is 6.07 Å². The summed E-state index contributed by atoms with van der Waals surface area (Å²) >= 11 is 5.92. The van der Waals surface area contributed by atoms with Crippen molar-refractivity contribution in [3.63, 3.8) is 0 Å². The average molecular weight is 327 g/mol. The summed E-state index contributed by atoms with van der Waals surface area (Å²) in [6, 6.07) is 3.22. The summed E-state index contributed by atoms with van der Waals surface area (Å²) in [5.74, 6) is 0.152. The molecule has 0 atom stereocenters. The normalized spacial score (nSPS) is 14.3. The molecule has 1 aliphatic heterocycles. The number of hydrogen-bond acceptors (Lipinski definition) is 3. The Hall–Kier alpha value is -2.02. The largest absolute Gasteiger partial charge is 0.291 e. The molecule has 3 heterocycles. The molecule has 0 radical (unpaired) electrons. The number of halogens is 3. The number of anilines is 1. The Kier molecular flexibility index (Phi) is 4.06. The van der Waals surface area contributed by atoms with Gasteiger partial charge < -0.3 is 0 Å². The molecule has 1 aliphatic rings. The lowest BCUT2D eigenvalue weighted by molar-refractivity contribution is 0.0953. The molecule has 2 aromatic heterocycles. The molecule has 3 rings (SSSR count). The predicted molar refractivity (Wildman–Crippen MR) is 77.5 cm³/mol. The van der Waals surface area contributed by atoms with Crippen LogP contribution in [0.1, 0.15) is 22.5 Å². The molecule has 116 valence electrons. The van der Waals surface area contributed by atoms with E-state index in [1.165, 1.54) is 23.4 Å². The summed E-state index contributed by atoms with van der Waals surface area (Å²) in [5, 5.41) is 4.30. The van der Waals surface area contributed by atoms with Crippen LogP contribution < -0.4 is 4.90 Å². The van der Waals surface area contributed by atoms with Crippen molar-refractivity contribution in [2.75, 3.05) is 11.4 Å². The zero-order valence-electron chi connectivity index (χ0n) is 11.5. The number of aryl methyl sites for hydroxylation is 1. The molecule has 0 N–H and O–H groups in total. The fourth-order valence-electron chi connectivity index (χ4n) is 2.56. The summed E-state index contributed by atoms with van der Waals surface area (Å²) < 4.78 is 26.1. The molecular weight excluding hydrogens is 314 g/mol. The van der Waals surface area contributed by atoms with E-state index in [-0.39, 0.29) is 11.6 Å². The van der Waals surface area contributed by atoms with Gasteiger partial charge in [0, 0.05) is 18.9 Å². The molecule has 2 aromatic rings. The van der Waals surface area contributed by atoms with Gasteiger partial charge in [0.2, 0.25) is 0 Å². The molecule has 0 saturated heterocycles. The number of rotatable bonds is 3. The van der Waals surface area contributed by atoms with Crippen molar-refractivity contribution < 1.29 is 13.6 Å². The van der Waals surface area contributed by atoms with Crippen molar-refractivity contribution >= 4 is 23.3 Å². The van der Waals surface area contributed by atoms with Gasteiger partial charge in [0.15, 0.2) is 0 Å². The van der Waals surface area contributed by atoms with Gasteiger partial charge >= 0.3 is 0 Å². The fraction of sp³-hybridized carbons (Fsp3) is 0.357. The van der Waals surface area contributed by atoms with Gasteiger partial charge in [-0.15, -0.1) is 0 Å². The first-order valence-electron chi connectivity index (χ1n) is 6.82. The number of aromatic nitrogens is 3. The minimum Gasteiger partial charge on any atom is -0.291 e. The van der Waals surface area contributed by atoms with Gasteiger partial charge in [-0.05, 0) is 30.5 Å². The Bertz CT molecular complexity index is 704. The molecule has 22 heavy (non-hydrogen) atoms. The number of amides is 1. The van der Waals surface area contributed by atoms with Crippen molar-refractivity contribution in [1.82, 2.24) is 14.8 Å². The van der Waals surface area contributed by atoms with E-state index in [1.807, 2.05) is 0 Å². The first-order chi connectivity index (χ1) is 10.6. The predicted octanol–water partition coefficient (Wildman–Crippen LogP) is 2.79. The van der Waals surface area contributed by atoms with Crippen LogP contribution in [-0.2, 0) is 13.0 Å². The van der Waals surface area contributed by atoms with Crippen LogP contribution >= 0.6 is 11.6 Å². The fourth-order valence-corrected chi connectivity index (χ4v) is 2.74. The van der Waals surface area contributed by atoms with Gasteiger partial charge in [-0.25, -0.2) is 13.8 Å². The molecular formula is C14H13ClF2N4O. The molecule has 0 bridgehead atoms. The summed E-state index contributed by atoms with van der Waals surface area (Å²) in [7, 11) is 0. The maximum atomic E-state index is 12.7. The number of carbonyl (C=O) groups excluding carboxylic acids is 1. The molecule has 1 amide bonds. The van der Waals surface area contributed by atoms with Gasteiger partial charge in [0.1, 0.15) is 18.1 Å². The molecule has 0 saturated carbocycles. The van der Waals surface area contributed by atoms with Gasteiger partial charge in [0.25, 0.3) is 12.3 Å². The van der Waals surface area contributed by atoms with Gasteiger partial charge in [-0.3, -0.25) is 14.4 Å². The minimum absolute atomic E-state index is 0.130. The van der Waals surface area contributed by atoms with E-state index in [9.17, 15) is 13.6 Å². The zero-order valence-corrected chi connectivity index (χ0v) is 12.3. The van der Waals surface area contributed by atoms with Crippen molar-refractivity contribution in [1.29, 1.82) is 0 Å². The Morgan fingerprint density at radius 2 is 2.27 bits per heavy atom. The van der Waals surface area contributed by atoms with Crippen LogP contribution in [0.2, 0.25) is 5.02 Å². The van der Waals surface area contributed by atoms with Crippen molar-refractivity contribution in [2.24, 2.45) is 0 Å². The maximum absolute atomic E-state index is 12.7. The Balaban J connectivity index is 1.93. The quantitative estimate of drug-likeness (QED) is 0.871. The molecule has 0 fully saturated rings. The van der Waals surface area contributed by atoms with Crippen LogP contribution in [0, 0.1) is 0 Å². The second-order valence-electron chi connectivity index (χ2n) is 4.99. The number of pyridine rings is 1. The van der Waals surface area contributed by atoms with E-state index in [0.29, 0.717) is 17.4 Å². The third-order valence-electron chi connectivity index (χ3n) is 3.48. The standard InChI is InChI=1S/C14H13ClF2N4O/c15-10-6-9-2-1-5-20(13(9)18-7-10)14(22)11-3-4-19-21(11)8-12(16)17/h3-4,6-7,12H,1-2,5,8H2. The number of alkyl halides is 2. The lowest BCUT2D eigenvalue weighted by atomic mass is 10.1. The van der Waals surface area contributed by atoms with Gasteiger partial charge in [-0.2, -0.15) is 5.10 Å². The SMILES string of the molecule is O=C(c1ccnn1CC(F)F)N1CCCc2cc(Cl)cnc21. The van der Waals surface area contributed by atoms with Crippen molar-refractivity contribution in [3.8, 4) is 0 Å². The summed E-state index contributed by atoms with van der Waals surface area (Å²) in [6.07, 6.45) is 1.79. The lowest BCUT2D eigenvalue weighted by Crippen LogP contribution is -2.37. The number of carbonyl (C=O) groups is 1. The highest BCUT2D eigenvalue weighted by Gasteiger charge is 2.27. The van der Waals surface area contributed by atoms with E-state index in [0.717, 1.165) is 23.1 Å². The summed E-state index contributed by atoms with van der Waals surface area (Å²) in [6.45, 7) is -0.122. The van der Waals surface area contributed by atoms with Crippen LogP contribution in [0.4, 0.5) is 14.6 Å². The minimum atomic E-state index is -2.57. The number of hydrogen-bond donors (Lipinski definition) is 0. The van der Waals surface area contributed by atoms with Gasteiger partial charge in [0.05, 0.1) is 5.02 Å². The number of fused-ring (bicyclic) bond motifs is 1. The highest BCUT2D eigenvalue weighted by atomic mass is 35.5. The molecule has 5 nitrogen and oxygen atoms in total. The highest BCUT2D eigenvalue weighted by molar-refractivity contribution is 6.30. The Labute approximate surface area is 130 Å². The second kappa shape index (κ2) is 6.00. The van der Waals surface area contributed by atoms with Crippen molar-refractivity contribution in [2.45, 2.75) is 25.8 Å². The smallest absolute Gasteiger partial charge is 0.277 e. The lowest BCUT2D eigenvalue weighted by Gasteiger charge is -2.28. The number of nitrogens with zero attached hydrogens (tertiary/aromatic N) is 4. The van der Waals surface area contributed by atoms with E-state index < -0.39 is 13.0 Å². The van der Waals surface area contributed by atoms with E-state index in [4.69, 9.17) is 11.6 Å². The Morgan fingerprint density at radius 3 is 3.05 bits per heavy atom. The van der Waals surface area contributed by atoms with Crippen LogP contribution in [0.5, 0.6) is 0 Å². The van der Waals surface area contributed by atoms with Gasteiger partial charge in [-0.1, -0.05) is 11.6 Å². The molecule has 8 heteroatoms. The van der Waals surface area contributed by atoms with Crippen molar-refractivity contribution in [3.05, 3.63) is 40.8 Å².